The van der Waals surface area contributed by atoms with Crippen molar-refractivity contribution in [2.45, 2.75) is 12.8 Å². The van der Waals surface area contributed by atoms with Crippen molar-refractivity contribution >= 4 is 23.3 Å². The molecule has 3 rings (SSSR count). The van der Waals surface area contributed by atoms with Crippen LogP contribution in [-0.4, -0.2) is 20.7 Å². The normalized spacial score (nSPS) is 10.2. The van der Waals surface area contributed by atoms with Crippen molar-refractivity contribution in [3.8, 4) is 11.9 Å². The third-order valence-electron chi connectivity index (χ3n) is 3.57. The predicted octanol–water partition coefficient (Wildman–Crippen LogP) is 3.36. The first-order chi connectivity index (χ1) is 12.2. The third-order valence-corrected chi connectivity index (χ3v) is 3.82. The highest BCUT2D eigenvalue weighted by Crippen LogP contribution is 2.19. The Hall–Kier alpha value is -3.17. The number of carbonyl (C=O) groups is 1. The highest BCUT2D eigenvalue weighted by atomic mass is 35.5. The van der Waals surface area contributed by atoms with E-state index in [9.17, 15) is 10.1 Å². The molecule has 2 aromatic heterocycles. The van der Waals surface area contributed by atoms with Crippen LogP contribution in [0, 0.1) is 11.3 Å². The molecule has 7 heteroatoms. The van der Waals surface area contributed by atoms with Crippen LogP contribution in [0.3, 0.4) is 0 Å². The summed E-state index contributed by atoms with van der Waals surface area (Å²) in [5.41, 5.74) is 1.30. The average Bonchev–Trinajstić information content (AvgIpc) is 3.04. The van der Waals surface area contributed by atoms with Crippen LogP contribution in [0.2, 0.25) is 5.02 Å². The van der Waals surface area contributed by atoms with Gasteiger partial charge in [0, 0.05) is 17.6 Å². The number of hydrogen-bond acceptors (Lipinski definition) is 4. The summed E-state index contributed by atoms with van der Waals surface area (Å²) < 4.78 is 1.44. The first kappa shape index (κ1) is 16.7. The van der Waals surface area contributed by atoms with E-state index in [0.29, 0.717) is 23.1 Å². The van der Waals surface area contributed by atoms with Gasteiger partial charge in [-0.15, -0.1) is 0 Å². The van der Waals surface area contributed by atoms with Gasteiger partial charge in [-0.05, 0) is 36.2 Å². The maximum atomic E-state index is 12.3. The average molecular weight is 352 g/mol. The van der Waals surface area contributed by atoms with E-state index in [1.807, 2.05) is 24.3 Å². The number of benzene rings is 1. The summed E-state index contributed by atoms with van der Waals surface area (Å²) >= 11 is 5.85. The number of carbonyl (C=O) groups excluding carboxylic acids is 1. The summed E-state index contributed by atoms with van der Waals surface area (Å²) in [5.74, 6) is 0.642. The molecule has 0 radical (unpaired) electrons. The van der Waals surface area contributed by atoms with Gasteiger partial charge >= 0.3 is 0 Å². The summed E-state index contributed by atoms with van der Waals surface area (Å²) in [5, 5.41) is 16.8. The topological polar surface area (TPSA) is 83.6 Å². The first-order valence-electron chi connectivity index (χ1n) is 7.61. The zero-order chi connectivity index (χ0) is 17.6. The molecule has 1 aromatic carbocycles. The molecule has 0 aliphatic rings. The van der Waals surface area contributed by atoms with Gasteiger partial charge in [0.25, 0.3) is 0 Å². The van der Waals surface area contributed by atoms with Crippen LogP contribution >= 0.6 is 11.6 Å². The fourth-order valence-corrected chi connectivity index (χ4v) is 2.43. The molecule has 25 heavy (non-hydrogen) atoms. The zero-order valence-corrected chi connectivity index (χ0v) is 13.9. The van der Waals surface area contributed by atoms with Crippen LogP contribution in [-0.2, 0) is 11.2 Å². The van der Waals surface area contributed by atoms with E-state index in [4.69, 9.17) is 11.6 Å². The third kappa shape index (κ3) is 4.03. The van der Waals surface area contributed by atoms with Gasteiger partial charge in [-0.2, -0.15) is 15.0 Å². The van der Waals surface area contributed by atoms with Crippen LogP contribution in [0.15, 0.2) is 54.9 Å². The van der Waals surface area contributed by atoms with Crippen molar-refractivity contribution in [1.29, 1.82) is 5.26 Å². The van der Waals surface area contributed by atoms with E-state index in [-0.39, 0.29) is 17.9 Å². The smallest absolute Gasteiger partial charge is 0.225 e. The minimum absolute atomic E-state index is 0.205. The Morgan fingerprint density at radius 1 is 1.24 bits per heavy atom. The molecule has 1 amide bonds. The Balaban J connectivity index is 1.73. The number of hydrogen-bond donors (Lipinski definition) is 1. The maximum Gasteiger partial charge on any atom is 0.225 e. The summed E-state index contributed by atoms with van der Waals surface area (Å²) in [4.78, 5) is 16.5. The van der Waals surface area contributed by atoms with Crippen molar-refractivity contribution in [2.24, 2.45) is 0 Å². The fraction of sp³-hybridized carbons (Fsp3) is 0.111. The van der Waals surface area contributed by atoms with Crippen molar-refractivity contribution in [3.05, 3.63) is 71.0 Å². The lowest BCUT2D eigenvalue weighted by atomic mass is 10.1. The lowest BCUT2D eigenvalue weighted by molar-refractivity contribution is -0.116. The van der Waals surface area contributed by atoms with E-state index in [1.54, 1.807) is 30.5 Å². The summed E-state index contributed by atoms with van der Waals surface area (Å²) in [7, 11) is 0. The molecule has 0 fully saturated rings. The van der Waals surface area contributed by atoms with Gasteiger partial charge < -0.3 is 5.32 Å². The van der Waals surface area contributed by atoms with Gasteiger partial charge in [0.15, 0.2) is 11.6 Å². The largest absolute Gasteiger partial charge is 0.309 e. The number of amides is 1. The molecule has 1 N–H and O–H groups in total. The molecule has 0 aliphatic heterocycles. The Kier molecular flexibility index (Phi) is 5.07. The first-order valence-corrected chi connectivity index (χ1v) is 7.99. The molecule has 6 nitrogen and oxygen atoms in total. The highest BCUT2D eigenvalue weighted by molar-refractivity contribution is 6.30. The summed E-state index contributed by atoms with van der Waals surface area (Å²) in [6.45, 7) is 0. The molecule has 0 atom stereocenters. The van der Waals surface area contributed by atoms with E-state index in [2.05, 4.69) is 15.4 Å². The lowest BCUT2D eigenvalue weighted by Gasteiger charge is -2.09. The molecule has 0 bridgehead atoms. The maximum absolute atomic E-state index is 12.3. The van der Waals surface area contributed by atoms with Crippen LogP contribution in [0.4, 0.5) is 5.82 Å². The van der Waals surface area contributed by atoms with Gasteiger partial charge in [0.05, 0.1) is 6.20 Å². The molecule has 0 saturated heterocycles. The Bertz CT molecular complexity index is 913. The predicted molar refractivity (Wildman–Crippen MR) is 94.5 cm³/mol. The minimum Gasteiger partial charge on any atom is -0.309 e. The molecular formula is C18H14ClN5O. The summed E-state index contributed by atoms with van der Waals surface area (Å²) in [6, 6.07) is 14.7. The Labute approximate surface area is 149 Å². The number of aryl methyl sites for hydroxylation is 1. The van der Waals surface area contributed by atoms with E-state index < -0.39 is 0 Å². The highest BCUT2D eigenvalue weighted by Gasteiger charge is 2.15. The number of nitriles is 1. The van der Waals surface area contributed by atoms with Crippen LogP contribution in [0.5, 0.6) is 0 Å². The molecule has 0 unspecified atom stereocenters. The molecule has 0 aliphatic carbocycles. The Morgan fingerprint density at radius 2 is 2.04 bits per heavy atom. The number of pyridine rings is 1. The molecule has 3 aromatic rings. The number of anilines is 1. The number of nitrogens with one attached hydrogen (secondary N) is 1. The molecule has 0 saturated carbocycles. The number of halogens is 1. The molecular weight excluding hydrogens is 338 g/mol. The van der Waals surface area contributed by atoms with Crippen molar-refractivity contribution in [3.63, 3.8) is 0 Å². The number of nitrogens with zero attached hydrogens (tertiary/aromatic N) is 4. The van der Waals surface area contributed by atoms with Crippen LogP contribution < -0.4 is 5.32 Å². The van der Waals surface area contributed by atoms with Crippen LogP contribution in [0.25, 0.3) is 5.82 Å². The monoisotopic (exact) mass is 351 g/mol. The second-order valence-corrected chi connectivity index (χ2v) is 5.73. The van der Waals surface area contributed by atoms with E-state index in [1.165, 1.54) is 10.9 Å². The fourth-order valence-electron chi connectivity index (χ4n) is 2.31. The second kappa shape index (κ2) is 7.60. The number of aromatic nitrogens is 3. The number of rotatable bonds is 5. The molecule has 2 heterocycles. The van der Waals surface area contributed by atoms with Crippen LogP contribution in [0.1, 0.15) is 17.5 Å². The second-order valence-electron chi connectivity index (χ2n) is 5.29. The van der Waals surface area contributed by atoms with Gasteiger partial charge in [-0.25, -0.2) is 4.98 Å². The van der Waals surface area contributed by atoms with Crippen molar-refractivity contribution in [2.75, 3.05) is 5.32 Å². The van der Waals surface area contributed by atoms with Gasteiger partial charge in [0.2, 0.25) is 5.91 Å². The van der Waals surface area contributed by atoms with Gasteiger partial charge in [0.1, 0.15) is 11.6 Å². The Morgan fingerprint density at radius 3 is 2.72 bits per heavy atom. The van der Waals surface area contributed by atoms with Gasteiger partial charge in [-0.1, -0.05) is 29.8 Å². The zero-order valence-electron chi connectivity index (χ0n) is 13.2. The lowest BCUT2D eigenvalue weighted by Crippen LogP contribution is -2.16. The summed E-state index contributed by atoms with van der Waals surface area (Å²) in [6.07, 6.45) is 3.88. The van der Waals surface area contributed by atoms with Gasteiger partial charge in [-0.3, -0.25) is 4.79 Å². The minimum atomic E-state index is -0.205. The standard InChI is InChI=1S/C18H14ClN5O/c19-15-7-4-13(5-8-15)6-9-17(25)23-18-14(11-20)12-22-24(18)16-3-1-2-10-21-16/h1-5,7-8,10,12H,6,9H2,(H,23,25). The molecule has 0 spiro atoms. The molecule has 124 valence electrons. The van der Waals surface area contributed by atoms with Crippen molar-refractivity contribution < 1.29 is 4.79 Å². The van der Waals surface area contributed by atoms with Crippen molar-refractivity contribution in [1.82, 2.24) is 14.8 Å². The van der Waals surface area contributed by atoms with E-state index >= 15 is 0 Å². The quantitative estimate of drug-likeness (QED) is 0.763. The SMILES string of the molecule is N#Cc1cnn(-c2ccccn2)c1NC(=O)CCc1ccc(Cl)cc1. The van der Waals surface area contributed by atoms with E-state index in [0.717, 1.165) is 5.56 Å².